The Balaban J connectivity index is 1.81. The molecule has 0 aliphatic carbocycles. The van der Waals surface area contributed by atoms with Gasteiger partial charge in [0, 0.05) is 29.5 Å². The van der Waals surface area contributed by atoms with E-state index in [0.29, 0.717) is 5.56 Å². The van der Waals surface area contributed by atoms with Crippen molar-refractivity contribution in [2.75, 3.05) is 0 Å². The molecule has 5 heteroatoms. The molecule has 0 spiro atoms. The van der Waals surface area contributed by atoms with Crippen molar-refractivity contribution in [3.05, 3.63) is 66.6 Å². The number of fused-ring (bicyclic) bond motifs is 1. The van der Waals surface area contributed by atoms with Crippen LogP contribution in [0.5, 0.6) is 0 Å². The Morgan fingerprint density at radius 1 is 1.14 bits per heavy atom. The topological polar surface area (TPSA) is 70.3 Å². The number of nitrogens with one attached hydrogen (secondary N) is 1. The number of aromatic amines is 1. The molecule has 0 atom stereocenters. The first-order chi connectivity index (χ1) is 10.8. The zero-order valence-corrected chi connectivity index (χ0v) is 11.6. The summed E-state index contributed by atoms with van der Waals surface area (Å²) >= 11 is 0. The fourth-order valence-corrected chi connectivity index (χ4v) is 2.51. The molecular formula is C17H11N5. The molecule has 3 heterocycles. The van der Waals surface area contributed by atoms with Crippen molar-refractivity contribution in [2.45, 2.75) is 0 Å². The largest absolute Gasteiger partial charge is 0.346 e. The Morgan fingerprint density at radius 3 is 3.00 bits per heavy atom. The first-order valence-corrected chi connectivity index (χ1v) is 6.84. The van der Waals surface area contributed by atoms with Crippen LogP contribution in [0.25, 0.3) is 28.0 Å². The summed E-state index contributed by atoms with van der Waals surface area (Å²) in [4.78, 5) is 7.38. The molecule has 0 amide bonds. The van der Waals surface area contributed by atoms with E-state index in [9.17, 15) is 0 Å². The van der Waals surface area contributed by atoms with Crippen molar-refractivity contribution in [3.63, 3.8) is 0 Å². The molecule has 4 rings (SSSR count). The van der Waals surface area contributed by atoms with E-state index in [1.165, 1.54) is 0 Å². The second-order valence-corrected chi connectivity index (χ2v) is 4.91. The first kappa shape index (κ1) is 12.4. The summed E-state index contributed by atoms with van der Waals surface area (Å²) in [7, 11) is 0. The van der Waals surface area contributed by atoms with Gasteiger partial charge in [-0.05, 0) is 30.3 Å². The molecule has 3 aromatic heterocycles. The molecule has 1 aromatic carbocycles. The molecule has 5 nitrogen and oxygen atoms in total. The van der Waals surface area contributed by atoms with Gasteiger partial charge in [-0.15, -0.1) is 0 Å². The minimum Gasteiger partial charge on any atom is -0.346 e. The minimum absolute atomic E-state index is 0.629. The minimum atomic E-state index is 0.629. The van der Waals surface area contributed by atoms with Gasteiger partial charge in [0.25, 0.3) is 0 Å². The molecule has 0 radical (unpaired) electrons. The Hall–Kier alpha value is -3.39. The average Bonchev–Trinajstić information content (AvgIpc) is 3.23. The lowest BCUT2D eigenvalue weighted by molar-refractivity contribution is 0.890. The third-order valence-corrected chi connectivity index (χ3v) is 3.56. The van der Waals surface area contributed by atoms with Crippen LogP contribution >= 0.6 is 0 Å². The van der Waals surface area contributed by atoms with Gasteiger partial charge in [0.1, 0.15) is 5.65 Å². The number of H-pyrrole nitrogens is 1. The van der Waals surface area contributed by atoms with E-state index in [1.54, 1.807) is 12.3 Å². The van der Waals surface area contributed by atoms with Gasteiger partial charge in [0.2, 0.25) is 0 Å². The van der Waals surface area contributed by atoms with Crippen LogP contribution in [0.4, 0.5) is 0 Å². The number of aromatic nitrogens is 4. The fourth-order valence-electron chi connectivity index (χ4n) is 2.51. The number of rotatable bonds is 2. The lowest BCUT2D eigenvalue weighted by Crippen LogP contribution is -1.96. The van der Waals surface area contributed by atoms with Crippen LogP contribution < -0.4 is 0 Å². The maximum absolute atomic E-state index is 9.00. The van der Waals surface area contributed by atoms with Gasteiger partial charge in [-0.3, -0.25) is 0 Å². The number of hydrogen-bond acceptors (Lipinski definition) is 3. The molecule has 22 heavy (non-hydrogen) atoms. The molecule has 0 saturated heterocycles. The van der Waals surface area contributed by atoms with Crippen LogP contribution in [0.15, 0.2) is 61.1 Å². The van der Waals surface area contributed by atoms with Gasteiger partial charge < -0.3 is 4.98 Å². The lowest BCUT2D eigenvalue weighted by atomic mass is 10.1. The zero-order valence-electron chi connectivity index (χ0n) is 11.6. The lowest BCUT2D eigenvalue weighted by Gasteiger charge is -2.03. The van der Waals surface area contributed by atoms with Crippen molar-refractivity contribution in [3.8, 4) is 23.0 Å². The SMILES string of the molecule is N#Cc1cccc(-c2ccn(-c3ccnc4[nH]ccc34)n2)c1. The molecule has 104 valence electrons. The number of pyridine rings is 1. The quantitative estimate of drug-likeness (QED) is 0.614. The molecule has 0 fully saturated rings. The van der Waals surface area contributed by atoms with Gasteiger partial charge in [0.05, 0.1) is 23.0 Å². The maximum Gasteiger partial charge on any atom is 0.139 e. The second kappa shape index (κ2) is 4.86. The highest BCUT2D eigenvalue weighted by molar-refractivity contribution is 5.84. The normalized spacial score (nSPS) is 10.7. The molecule has 0 aliphatic rings. The average molecular weight is 285 g/mol. The standard InChI is InChI=1S/C17H11N5/c18-11-12-2-1-3-13(10-12)15-6-9-22(21-15)16-5-8-20-17-14(16)4-7-19-17/h1-10H,(H,19,20). The van der Waals surface area contributed by atoms with E-state index < -0.39 is 0 Å². The predicted molar refractivity (Wildman–Crippen MR) is 83.4 cm³/mol. The Labute approximate surface area is 126 Å². The highest BCUT2D eigenvalue weighted by Gasteiger charge is 2.08. The Kier molecular flexibility index (Phi) is 2.73. The summed E-state index contributed by atoms with van der Waals surface area (Å²) in [5.74, 6) is 0. The van der Waals surface area contributed by atoms with Crippen LogP contribution in [0.1, 0.15) is 5.56 Å². The Bertz CT molecular complexity index is 1000. The molecule has 0 bridgehead atoms. The number of nitrogens with zero attached hydrogens (tertiary/aromatic N) is 4. The summed E-state index contributed by atoms with van der Waals surface area (Å²) in [6, 6.07) is 15.4. The van der Waals surface area contributed by atoms with Gasteiger partial charge in [-0.1, -0.05) is 12.1 Å². The smallest absolute Gasteiger partial charge is 0.139 e. The van der Waals surface area contributed by atoms with Crippen LogP contribution in [0, 0.1) is 11.3 Å². The van der Waals surface area contributed by atoms with Gasteiger partial charge in [-0.25, -0.2) is 9.67 Å². The Morgan fingerprint density at radius 2 is 2.09 bits per heavy atom. The molecule has 0 unspecified atom stereocenters. The van der Waals surface area contributed by atoms with E-state index in [2.05, 4.69) is 21.1 Å². The van der Waals surface area contributed by atoms with Crippen molar-refractivity contribution >= 4 is 11.0 Å². The summed E-state index contributed by atoms with van der Waals surface area (Å²) in [6.07, 6.45) is 5.53. The van der Waals surface area contributed by atoms with Crippen LogP contribution in [-0.2, 0) is 0 Å². The van der Waals surface area contributed by atoms with E-state index in [-0.39, 0.29) is 0 Å². The summed E-state index contributed by atoms with van der Waals surface area (Å²) < 4.78 is 1.83. The predicted octanol–water partition coefficient (Wildman–Crippen LogP) is 3.29. The fraction of sp³-hybridized carbons (Fsp3) is 0. The highest BCUT2D eigenvalue weighted by atomic mass is 15.3. The van der Waals surface area contributed by atoms with E-state index >= 15 is 0 Å². The molecular weight excluding hydrogens is 274 g/mol. The third-order valence-electron chi connectivity index (χ3n) is 3.56. The van der Waals surface area contributed by atoms with Crippen molar-refractivity contribution < 1.29 is 0 Å². The number of nitriles is 1. The number of hydrogen-bond donors (Lipinski definition) is 1. The maximum atomic E-state index is 9.00. The van der Waals surface area contributed by atoms with Crippen LogP contribution in [0.3, 0.4) is 0 Å². The van der Waals surface area contributed by atoms with E-state index in [4.69, 9.17) is 5.26 Å². The molecule has 0 saturated carbocycles. The van der Waals surface area contributed by atoms with Crippen LogP contribution in [-0.4, -0.2) is 19.7 Å². The molecule has 0 aliphatic heterocycles. The van der Waals surface area contributed by atoms with Gasteiger partial charge in [0.15, 0.2) is 0 Å². The molecule has 4 aromatic rings. The first-order valence-electron chi connectivity index (χ1n) is 6.84. The molecule has 1 N–H and O–H groups in total. The van der Waals surface area contributed by atoms with Gasteiger partial charge in [-0.2, -0.15) is 10.4 Å². The summed E-state index contributed by atoms with van der Waals surface area (Å²) in [5.41, 5.74) is 4.19. The third kappa shape index (κ3) is 1.95. The van der Waals surface area contributed by atoms with Crippen molar-refractivity contribution in [2.24, 2.45) is 0 Å². The summed E-state index contributed by atoms with van der Waals surface area (Å²) in [6.45, 7) is 0. The number of benzene rings is 1. The van der Waals surface area contributed by atoms with Crippen LogP contribution in [0.2, 0.25) is 0 Å². The summed E-state index contributed by atoms with van der Waals surface area (Å²) in [5, 5.41) is 14.6. The van der Waals surface area contributed by atoms with E-state index in [0.717, 1.165) is 28.0 Å². The second-order valence-electron chi connectivity index (χ2n) is 4.91. The van der Waals surface area contributed by atoms with E-state index in [1.807, 2.05) is 53.5 Å². The highest BCUT2D eigenvalue weighted by Crippen LogP contribution is 2.22. The van der Waals surface area contributed by atoms with Crippen molar-refractivity contribution in [1.82, 2.24) is 19.7 Å². The monoisotopic (exact) mass is 285 g/mol. The van der Waals surface area contributed by atoms with Gasteiger partial charge >= 0.3 is 0 Å². The zero-order chi connectivity index (χ0) is 14.9. The van der Waals surface area contributed by atoms with Crippen molar-refractivity contribution in [1.29, 1.82) is 5.26 Å².